The zero-order chi connectivity index (χ0) is 47.3. The normalized spacial score (nSPS) is 16.1. The molecule has 2 unspecified atom stereocenters. The maximum Gasteiger partial charge on any atom is 0.344 e. The smallest absolute Gasteiger partial charge is 0.344 e. The number of anilines is 1. The molecule has 0 fully saturated rings. The Balaban J connectivity index is 0.000000231. The van der Waals surface area contributed by atoms with Crippen LogP contribution < -0.4 is 25.0 Å². The molecule has 2 aromatic carbocycles. The summed E-state index contributed by atoms with van der Waals surface area (Å²) in [6.07, 6.45) is 7.27. The molecule has 350 valence electrons. The molecule has 0 radical (unpaired) electrons. The number of hydrogen-bond donors (Lipinski definition) is 4. The lowest BCUT2D eigenvalue weighted by atomic mass is 9.93. The van der Waals surface area contributed by atoms with Gasteiger partial charge in [0.25, 0.3) is 11.8 Å². The molecule has 2 amide bonds. The number of ether oxygens (including phenoxy) is 2. The quantitative estimate of drug-likeness (QED) is 0.0382. The van der Waals surface area contributed by atoms with Gasteiger partial charge in [-0.25, -0.2) is 28.1 Å². The number of fused-ring (bicyclic) bond motifs is 1. The van der Waals surface area contributed by atoms with Crippen molar-refractivity contribution in [2.24, 2.45) is 10.7 Å². The van der Waals surface area contributed by atoms with E-state index in [0.717, 1.165) is 85.1 Å². The van der Waals surface area contributed by atoms with Crippen LogP contribution in [0, 0.1) is 11.6 Å². The molecule has 1 aromatic heterocycles. The van der Waals surface area contributed by atoms with Gasteiger partial charge in [0, 0.05) is 48.0 Å². The van der Waals surface area contributed by atoms with Crippen LogP contribution in [-0.2, 0) is 46.4 Å². The molecule has 64 heavy (non-hydrogen) atoms. The highest BCUT2D eigenvalue weighted by atomic mass is 35.5. The summed E-state index contributed by atoms with van der Waals surface area (Å²) in [5, 5.41) is 17.1. The Hall–Kier alpha value is -4.37. The lowest BCUT2D eigenvalue weighted by Crippen LogP contribution is -2.32. The van der Waals surface area contributed by atoms with Crippen LogP contribution >= 0.6 is 53.7 Å². The molecule has 0 spiro atoms. The maximum atomic E-state index is 14.5. The van der Waals surface area contributed by atoms with Crippen LogP contribution in [0.15, 0.2) is 50.1 Å². The van der Waals surface area contributed by atoms with Crippen LogP contribution in [0.4, 0.5) is 20.2 Å². The summed E-state index contributed by atoms with van der Waals surface area (Å²) < 4.78 is 53.1. The zero-order valence-corrected chi connectivity index (χ0v) is 38.9. The van der Waals surface area contributed by atoms with E-state index in [0.29, 0.717) is 53.4 Å². The summed E-state index contributed by atoms with van der Waals surface area (Å²) in [5.41, 5.74) is 5.80. The van der Waals surface area contributed by atoms with E-state index in [9.17, 15) is 42.1 Å². The molecule has 0 saturated heterocycles. The highest BCUT2D eigenvalue weighted by molar-refractivity contribution is 8.00. The van der Waals surface area contributed by atoms with Crippen LogP contribution in [0.3, 0.4) is 0 Å². The first-order valence-electron chi connectivity index (χ1n) is 20.1. The molecule has 5 N–H and O–H groups in total. The number of imide groups is 1. The molecule has 6 rings (SSSR count). The van der Waals surface area contributed by atoms with E-state index < -0.39 is 61.4 Å². The van der Waals surface area contributed by atoms with Gasteiger partial charge in [0.05, 0.1) is 28.1 Å². The highest BCUT2D eigenvalue weighted by Crippen LogP contribution is 2.40. The number of benzene rings is 2. The first kappa shape index (κ1) is 52.3. The van der Waals surface area contributed by atoms with Crippen LogP contribution in [-0.4, -0.2) is 92.0 Å². The minimum absolute atomic E-state index is 0.000883. The molecule has 2 aliphatic heterocycles. The number of nitrogens with two attached hydrogens (primary N) is 1. The van der Waals surface area contributed by atoms with Gasteiger partial charge in [0.1, 0.15) is 29.1 Å². The monoisotopic (exact) mass is 993 g/mol. The van der Waals surface area contributed by atoms with E-state index in [2.05, 4.69) is 4.99 Å². The second-order valence-corrected chi connectivity index (χ2v) is 20.0. The lowest BCUT2D eigenvalue weighted by molar-refractivity contribution is -0.146. The SMILES string of the molecule is CCCCCOC(=O)COc1cc(N2C(=O)C3=C(CCCC3)C2=O)c(F)cc1Cl.CP(=O)(O)CCC(N)C(=O)O.O=C(O)CSc1cc(N=c2sc(=O)n3n2CCCC3)c(F)cc1Cl. The Morgan fingerprint density at radius 1 is 0.953 bits per heavy atom. The van der Waals surface area contributed by atoms with Crippen molar-refractivity contribution in [2.75, 3.05) is 36.7 Å². The van der Waals surface area contributed by atoms with Crippen molar-refractivity contribution < 1.29 is 61.9 Å². The second-order valence-electron chi connectivity index (χ2n) is 14.7. The van der Waals surface area contributed by atoms with Crippen LogP contribution in [0.5, 0.6) is 5.75 Å². The molecule has 3 heterocycles. The Morgan fingerprint density at radius 3 is 2.17 bits per heavy atom. The number of carbonyl (C=O) groups is 5. The fourth-order valence-electron chi connectivity index (χ4n) is 6.35. The number of carbonyl (C=O) groups excluding carboxylic acids is 3. The third-order valence-electron chi connectivity index (χ3n) is 9.62. The number of aromatic nitrogens is 2. The summed E-state index contributed by atoms with van der Waals surface area (Å²) in [7, 11) is -3.10. The Morgan fingerprint density at radius 2 is 1.58 bits per heavy atom. The van der Waals surface area contributed by atoms with Crippen molar-refractivity contribution in [1.29, 1.82) is 0 Å². The number of carboxylic acids is 2. The van der Waals surface area contributed by atoms with E-state index in [4.69, 9.17) is 53.5 Å². The average molecular weight is 995 g/mol. The number of aliphatic carboxylic acids is 2. The zero-order valence-electron chi connectivity index (χ0n) is 34.9. The third-order valence-corrected chi connectivity index (χ3v) is 13.3. The Bertz CT molecular complexity index is 2430. The molecule has 24 heteroatoms. The second kappa shape index (κ2) is 24.2. The first-order chi connectivity index (χ1) is 30.2. The van der Waals surface area contributed by atoms with Crippen molar-refractivity contribution in [3.05, 3.63) is 71.6 Å². The van der Waals surface area contributed by atoms with Gasteiger partial charge in [-0.1, -0.05) is 43.0 Å². The number of thioether (sulfide) groups is 1. The van der Waals surface area contributed by atoms with Crippen molar-refractivity contribution >= 4 is 94.8 Å². The third kappa shape index (κ3) is 14.8. The fourth-order valence-corrected chi connectivity index (χ4v) is 9.19. The molecule has 0 bridgehead atoms. The number of rotatable bonds is 16. The van der Waals surface area contributed by atoms with E-state index in [1.54, 1.807) is 9.36 Å². The van der Waals surface area contributed by atoms with Gasteiger partial charge in [-0.05, 0) is 80.9 Å². The number of unbranched alkanes of at least 4 members (excludes halogenated alkanes) is 2. The summed E-state index contributed by atoms with van der Waals surface area (Å²) in [6.45, 7) is 4.41. The van der Waals surface area contributed by atoms with Crippen LogP contribution in [0.1, 0.15) is 71.1 Å². The Kier molecular flexibility index (Phi) is 19.8. The van der Waals surface area contributed by atoms with Gasteiger partial charge in [-0.2, -0.15) is 0 Å². The highest BCUT2D eigenvalue weighted by Gasteiger charge is 2.41. The van der Waals surface area contributed by atoms with E-state index in [1.807, 2.05) is 6.92 Å². The molecule has 3 aliphatic rings. The standard InChI is InChI=1S/C21H23ClFNO5.C14H13ClFN3O3S2.C5H12NO4P/c1-2-3-6-9-28-19(25)12-29-18-11-17(16(23)10-15(18)22)24-20(26)13-7-4-5-8-14(13)21(24)27;15-8-5-9(16)10(6-11(8)23-7-12(20)21)17-13-18-3-1-2-4-19(18)14(22)24-13;1-11(9,10)3-2-4(6)5(7)8/h10-11H,2-9,12H2,1H3;5-6H,1-4,7H2,(H,20,21);4H,2-3,6H2,1H3,(H,7,8)(H,9,10). The molecule has 3 aromatic rings. The van der Waals surface area contributed by atoms with Crippen molar-refractivity contribution in [3.63, 3.8) is 0 Å². The van der Waals surface area contributed by atoms with E-state index >= 15 is 0 Å². The molecule has 0 saturated carbocycles. The predicted molar refractivity (Wildman–Crippen MR) is 237 cm³/mol. The first-order valence-corrected chi connectivity index (χ1v) is 24.9. The largest absolute Gasteiger partial charge is 0.481 e. The number of esters is 1. The van der Waals surface area contributed by atoms with Crippen molar-refractivity contribution in [3.8, 4) is 5.75 Å². The van der Waals surface area contributed by atoms with Crippen molar-refractivity contribution in [1.82, 2.24) is 9.36 Å². The van der Waals surface area contributed by atoms with Gasteiger partial charge in [-0.15, -0.1) is 11.8 Å². The lowest BCUT2D eigenvalue weighted by Gasteiger charge is -2.18. The van der Waals surface area contributed by atoms with E-state index in [-0.39, 0.29) is 50.4 Å². The number of hydrogen-bond acceptors (Lipinski definition) is 13. The predicted octanol–water partition coefficient (Wildman–Crippen LogP) is 6.73. The maximum absolute atomic E-state index is 14.5. The number of nitrogens with zero attached hydrogens (tertiary/aromatic N) is 4. The van der Waals surface area contributed by atoms with Gasteiger partial charge >= 0.3 is 22.8 Å². The Labute approximate surface area is 384 Å². The topological polar surface area (TPSA) is 250 Å². The van der Waals surface area contributed by atoms with Crippen LogP contribution in [0.25, 0.3) is 0 Å². The minimum atomic E-state index is -3.10. The number of amides is 2. The average Bonchev–Trinajstić information content (AvgIpc) is 3.69. The van der Waals surface area contributed by atoms with Crippen LogP contribution in [0.2, 0.25) is 10.0 Å². The number of carboxylic acid groups (broad SMARTS) is 2. The van der Waals surface area contributed by atoms with Gasteiger partial charge in [0.15, 0.2) is 14.0 Å². The summed E-state index contributed by atoms with van der Waals surface area (Å²) >= 11 is 13.9. The molecular weight excluding hydrogens is 946 g/mol. The summed E-state index contributed by atoms with van der Waals surface area (Å²) in [4.78, 5) is 84.5. The molecule has 2 atom stereocenters. The number of halogens is 4. The van der Waals surface area contributed by atoms with E-state index in [1.165, 1.54) is 18.8 Å². The minimum Gasteiger partial charge on any atom is -0.481 e. The summed E-state index contributed by atoms with van der Waals surface area (Å²) in [6, 6.07) is 3.64. The van der Waals surface area contributed by atoms with Gasteiger partial charge in [-0.3, -0.25) is 33.2 Å². The fraction of sp³-hybridized carbons (Fsp3) is 0.475. The molecule has 1 aliphatic carbocycles. The molecular formula is C40H48Cl2F2N5O12PS2. The van der Waals surface area contributed by atoms with Crippen molar-refractivity contribution in [2.45, 2.75) is 95.2 Å². The van der Waals surface area contributed by atoms with Gasteiger partial charge in [0.2, 0.25) is 4.80 Å². The summed E-state index contributed by atoms with van der Waals surface area (Å²) in [5.74, 6) is -5.34. The molecule has 17 nitrogen and oxygen atoms in total. The van der Waals surface area contributed by atoms with Gasteiger partial charge < -0.3 is 30.3 Å².